The number of hydrogen-bond donors (Lipinski definition) is 2. The monoisotopic (exact) mass is 238 g/mol. The van der Waals surface area contributed by atoms with Gasteiger partial charge < -0.3 is 16.2 Å². The second kappa shape index (κ2) is 6.15. The van der Waals surface area contributed by atoms with E-state index in [0.29, 0.717) is 12.4 Å². The summed E-state index contributed by atoms with van der Waals surface area (Å²) in [6.45, 7) is 4.53. The van der Waals surface area contributed by atoms with Crippen molar-refractivity contribution in [1.29, 1.82) is 0 Å². The molecule has 4 N–H and O–H groups in total. The first kappa shape index (κ1) is 13.4. The highest BCUT2D eigenvalue weighted by Gasteiger charge is 2.16. The number of aromatic nitrogens is 2. The lowest BCUT2D eigenvalue weighted by molar-refractivity contribution is 0.0494. The second-order valence-electron chi connectivity index (χ2n) is 3.62. The molecular weight excluding hydrogens is 220 g/mol. The van der Waals surface area contributed by atoms with E-state index in [1.165, 1.54) is 6.20 Å². The molecule has 1 aromatic rings. The highest BCUT2D eigenvalue weighted by atomic mass is 16.5. The Kier molecular flexibility index (Phi) is 4.84. The van der Waals surface area contributed by atoms with E-state index in [9.17, 15) is 4.79 Å². The zero-order valence-corrected chi connectivity index (χ0v) is 10.1. The van der Waals surface area contributed by atoms with Gasteiger partial charge in [0.15, 0.2) is 5.82 Å². The molecule has 6 heteroatoms. The third-order valence-electron chi connectivity index (χ3n) is 2.31. The van der Waals surface area contributed by atoms with E-state index in [4.69, 9.17) is 16.2 Å². The number of amides is 1. The number of carbonyl (C=O) groups is 1. The minimum Gasteiger partial charge on any atom is -0.383 e. The van der Waals surface area contributed by atoms with E-state index in [1.54, 1.807) is 0 Å². The normalized spacial score (nSPS) is 12.4. The Labute approximate surface area is 100 Å². The van der Waals surface area contributed by atoms with Crippen molar-refractivity contribution in [3.8, 4) is 0 Å². The van der Waals surface area contributed by atoms with E-state index in [2.05, 4.69) is 9.97 Å². The summed E-state index contributed by atoms with van der Waals surface area (Å²) in [6, 6.07) is 0. The van der Waals surface area contributed by atoms with Gasteiger partial charge >= 0.3 is 0 Å². The van der Waals surface area contributed by atoms with E-state index in [1.807, 2.05) is 13.8 Å². The standard InChI is InChI=1S/C11H18N4O2/c1-3-5-8(17-4-2)11-14-6-7(10(13)16)9(12)15-11/h6,8H,3-5H2,1-2H3,(H2,13,16)(H2,12,14,15). The third kappa shape index (κ3) is 3.39. The molecule has 0 radical (unpaired) electrons. The smallest absolute Gasteiger partial charge is 0.254 e. The Hall–Kier alpha value is -1.69. The molecule has 0 aromatic carbocycles. The van der Waals surface area contributed by atoms with Crippen LogP contribution in [0.5, 0.6) is 0 Å². The van der Waals surface area contributed by atoms with E-state index < -0.39 is 5.91 Å². The van der Waals surface area contributed by atoms with Crippen molar-refractivity contribution in [2.45, 2.75) is 32.8 Å². The SMILES string of the molecule is CCCC(OCC)c1ncc(C(N)=O)c(N)n1. The molecule has 1 atom stereocenters. The van der Waals surface area contributed by atoms with Gasteiger partial charge in [-0.25, -0.2) is 9.97 Å². The Morgan fingerprint density at radius 2 is 2.24 bits per heavy atom. The summed E-state index contributed by atoms with van der Waals surface area (Å²) in [5.41, 5.74) is 10.9. The molecule has 1 aromatic heterocycles. The zero-order valence-electron chi connectivity index (χ0n) is 10.1. The summed E-state index contributed by atoms with van der Waals surface area (Å²) >= 11 is 0. The van der Waals surface area contributed by atoms with Crippen LogP contribution in [0.4, 0.5) is 5.82 Å². The molecule has 0 aliphatic carbocycles. The van der Waals surface area contributed by atoms with Crippen molar-refractivity contribution < 1.29 is 9.53 Å². The topological polar surface area (TPSA) is 104 Å². The van der Waals surface area contributed by atoms with Gasteiger partial charge in [0, 0.05) is 12.8 Å². The number of rotatable bonds is 6. The average Bonchev–Trinajstić information content (AvgIpc) is 2.28. The summed E-state index contributed by atoms with van der Waals surface area (Å²) in [6.07, 6.45) is 2.92. The fourth-order valence-corrected chi connectivity index (χ4v) is 1.50. The second-order valence-corrected chi connectivity index (χ2v) is 3.62. The lowest BCUT2D eigenvalue weighted by Crippen LogP contribution is -2.17. The molecule has 17 heavy (non-hydrogen) atoms. The molecule has 0 spiro atoms. The summed E-state index contributed by atoms with van der Waals surface area (Å²) in [5, 5.41) is 0. The summed E-state index contributed by atoms with van der Waals surface area (Å²) in [4.78, 5) is 19.1. The Morgan fingerprint density at radius 3 is 2.71 bits per heavy atom. The minimum absolute atomic E-state index is 0.100. The third-order valence-corrected chi connectivity index (χ3v) is 2.31. The van der Waals surface area contributed by atoms with Crippen molar-refractivity contribution in [1.82, 2.24) is 9.97 Å². The van der Waals surface area contributed by atoms with Gasteiger partial charge in [-0.05, 0) is 13.3 Å². The summed E-state index contributed by atoms with van der Waals surface area (Å²) in [5.74, 6) is -0.0305. The molecular formula is C11H18N4O2. The van der Waals surface area contributed by atoms with E-state index in [0.717, 1.165) is 12.8 Å². The van der Waals surface area contributed by atoms with Crippen LogP contribution in [0.1, 0.15) is 49.0 Å². The van der Waals surface area contributed by atoms with Crippen LogP contribution in [0.15, 0.2) is 6.20 Å². The quantitative estimate of drug-likeness (QED) is 0.770. The lowest BCUT2D eigenvalue weighted by atomic mass is 10.2. The molecule has 0 bridgehead atoms. The van der Waals surface area contributed by atoms with Crippen LogP contribution in [0, 0.1) is 0 Å². The first-order valence-electron chi connectivity index (χ1n) is 5.63. The van der Waals surface area contributed by atoms with Gasteiger partial charge in [0.2, 0.25) is 0 Å². The van der Waals surface area contributed by atoms with Gasteiger partial charge in [-0.2, -0.15) is 0 Å². The molecule has 6 nitrogen and oxygen atoms in total. The molecule has 0 saturated heterocycles. The number of nitrogen functional groups attached to an aromatic ring is 1. The number of hydrogen-bond acceptors (Lipinski definition) is 5. The number of carbonyl (C=O) groups excluding carboxylic acids is 1. The van der Waals surface area contributed by atoms with Crippen molar-refractivity contribution in [2.75, 3.05) is 12.3 Å². The maximum absolute atomic E-state index is 11.0. The fraction of sp³-hybridized carbons (Fsp3) is 0.545. The van der Waals surface area contributed by atoms with Crippen LogP contribution in [0.25, 0.3) is 0 Å². The molecule has 1 heterocycles. The highest BCUT2D eigenvalue weighted by Crippen LogP contribution is 2.20. The summed E-state index contributed by atoms with van der Waals surface area (Å²) in [7, 11) is 0. The maximum atomic E-state index is 11.0. The zero-order chi connectivity index (χ0) is 12.8. The molecule has 0 aliphatic heterocycles. The van der Waals surface area contributed by atoms with Crippen LogP contribution < -0.4 is 11.5 Å². The molecule has 1 unspecified atom stereocenters. The van der Waals surface area contributed by atoms with Gasteiger partial charge in [0.25, 0.3) is 5.91 Å². The van der Waals surface area contributed by atoms with Crippen LogP contribution in [0.2, 0.25) is 0 Å². The number of primary amides is 1. The molecule has 0 fully saturated rings. The van der Waals surface area contributed by atoms with Crippen molar-refractivity contribution in [3.05, 3.63) is 17.6 Å². The maximum Gasteiger partial charge on any atom is 0.254 e. The van der Waals surface area contributed by atoms with Crippen molar-refractivity contribution in [3.63, 3.8) is 0 Å². The van der Waals surface area contributed by atoms with E-state index >= 15 is 0 Å². The van der Waals surface area contributed by atoms with Gasteiger partial charge in [-0.1, -0.05) is 13.3 Å². The minimum atomic E-state index is -0.627. The Balaban J connectivity index is 2.97. The van der Waals surface area contributed by atoms with Crippen molar-refractivity contribution >= 4 is 11.7 Å². The molecule has 0 saturated carbocycles. The number of nitrogens with two attached hydrogens (primary N) is 2. The largest absolute Gasteiger partial charge is 0.383 e. The first-order chi connectivity index (χ1) is 8.10. The van der Waals surface area contributed by atoms with Crippen LogP contribution in [0.3, 0.4) is 0 Å². The number of anilines is 1. The number of nitrogens with zero attached hydrogens (tertiary/aromatic N) is 2. The Bertz CT molecular complexity index is 389. The van der Waals surface area contributed by atoms with Crippen LogP contribution >= 0.6 is 0 Å². The number of ether oxygens (including phenoxy) is 1. The van der Waals surface area contributed by atoms with Gasteiger partial charge in [-0.15, -0.1) is 0 Å². The van der Waals surface area contributed by atoms with Gasteiger partial charge in [0.1, 0.15) is 11.9 Å². The highest BCUT2D eigenvalue weighted by molar-refractivity contribution is 5.96. The van der Waals surface area contributed by atoms with Gasteiger partial charge in [0.05, 0.1) is 5.56 Å². The lowest BCUT2D eigenvalue weighted by Gasteiger charge is -2.15. The molecule has 1 rings (SSSR count). The fourth-order valence-electron chi connectivity index (χ4n) is 1.50. The van der Waals surface area contributed by atoms with Crippen LogP contribution in [-0.4, -0.2) is 22.5 Å². The van der Waals surface area contributed by atoms with Gasteiger partial charge in [-0.3, -0.25) is 4.79 Å². The van der Waals surface area contributed by atoms with Crippen LogP contribution in [-0.2, 0) is 4.74 Å². The average molecular weight is 238 g/mol. The predicted molar refractivity (Wildman–Crippen MR) is 64.2 cm³/mol. The summed E-state index contributed by atoms with van der Waals surface area (Å²) < 4.78 is 5.53. The Morgan fingerprint density at radius 1 is 1.53 bits per heavy atom. The molecule has 94 valence electrons. The first-order valence-corrected chi connectivity index (χ1v) is 5.63. The molecule has 0 aliphatic rings. The molecule has 1 amide bonds. The predicted octanol–water partition coefficient (Wildman–Crippen LogP) is 1.04. The van der Waals surface area contributed by atoms with E-state index in [-0.39, 0.29) is 17.5 Å². The van der Waals surface area contributed by atoms with Crippen molar-refractivity contribution in [2.24, 2.45) is 5.73 Å².